The number of halogens is 1. The summed E-state index contributed by atoms with van der Waals surface area (Å²) in [5, 5.41) is 10.6. The van der Waals surface area contributed by atoms with Crippen molar-refractivity contribution in [2.24, 2.45) is 17.3 Å². The Balaban J connectivity index is 1.41. The van der Waals surface area contributed by atoms with Gasteiger partial charge < -0.3 is 9.84 Å². The van der Waals surface area contributed by atoms with Crippen molar-refractivity contribution in [3.8, 4) is 0 Å². The Morgan fingerprint density at radius 2 is 2.10 bits per heavy atom. The van der Waals surface area contributed by atoms with Crippen molar-refractivity contribution in [1.82, 2.24) is 0 Å². The number of thiophene rings is 1. The number of rotatable bonds is 11. The van der Waals surface area contributed by atoms with E-state index in [2.05, 4.69) is 6.92 Å². The minimum atomic E-state index is -0.673. The summed E-state index contributed by atoms with van der Waals surface area (Å²) < 4.78 is 19.3. The Kier molecular flexibility index (Phi) is 8.15. The standard InChI is InChI=1S/C24H37FO3S/c1-3-24(15-6-16-24)22(26)10-5-9-19-17(11-13-20(19)25)7-4-8-18-12-14-21(29-18)23(27)28-2/h12,14,17,19-20,22,26H,3-11,13,15-16H2,1-2H3/t17-,19+,20+,22?/m0/s1. The van der Waals surface area contributed by atoms with Crippen molar-refractivity contribution in [2.75, 3.05) is 7.11 Å². The maximum absolute atomic E-state index is 14.5. The van der Waals surface area contributed by atoms with Crippen LogP contribution in [0.5, 0.6) is 0 Å². The lowest BCUT2D eigenvalue weighted by Gasteiger charge is -2.45. The van der Waals surface area contributed by atoms with E-state index < -0.39 is 6.17 Å². The average Bonchev–Trinajstić information content (AvgIpc) is 3.29. The van der Waals surface area contributed by atoms with Crippen LogP contribution in [0.3, 0.4) is 0 Å². The van der Waals surface area contributed by atoms with Crippen molar-refractivity contribution >= 4 is 17.3 Å². The van der Waals surface area contributed by atoms with Crippen molar-refractivity contribution in [3.63, 3.8) is 0 Å². The summed E-state index contributed by atoms with van der Waals surface area (Å²) in [5.74, 6) is 0.354. The van der Waals surface area contributed by atoms with Crippen LogP contribution in [-0.4, -0.2) is 30.5 Å². The molecule has 3 nitrogen and oxygen atoms in total. The third kappa shape index (κ3) is 5.41. The molecular weight excluding hydrogens is 387 g/mol. The van der Waals surface area contributed by atoms with E-state index in [1.54, 1.807) is 0 Å². The summed E-state index contributed by atoms with van der Waals surface area (Å²) in [5.41, 5.74) is 0.161. The number of hydrogen-bond acceptors (Lipinski definition) is 4. The van der Waals surface area contributed by atoms with Crippen LogP contribution in [0.2, 0.25) is 0 Å². The molecule has 1 heterocycles. The van der Waals surface area contributed by atoms with Crippen molar-refractivity contribution < 1.29 is 19.0 Å². The van der Waals surface area contributed by atoms with Crippen LogP contribution in [0.1, 0.15) is 92.1 Å². The molecule has 0 amide bonds. The van der Waals surface area contributed by atoms with E-state index >= 15 is 0 Å². The topological polar surface area (TPSA) is 46.5 Å². The van der Waals surface area contributed by atoms with Gasteiger partial charge in [0.15, 0.2) is 0 Å². The second-order valence-electron chi connectivity index (χ2n) is 9.18. The SMILES string of the molecule is CCC1(C(O)CCC[C@@H]2[C@@H](CCCc3ccc(C(=O)OC)s3)CC[C@H]2F)CCC1. The largest absolute Gasteiger partial charge is 0.465 e. The van der Waals surface area contributed by atoms with Gasteiger partial charge in [0.05, 0.1) is 13.2 Å². The Morgan fingerprint density at radius 3 is 2.76 bits per heavy atom. The lowest BCUT2D eigenvalue weighted by molar-refractivity contribution is -0.0440. The fourth-order valence-electron chi connectivity index (χ4n) is 5.54. The molecule has 2 aliphatic rings. The van der Waals surface area contributed by atoms with Crippen molar-refractivity contribution in [2.45, 2.75) is 96.2 Å². The third-order valence-corrected chi connectivity index (χ3v) is 8.83. The highest BCUT2D eigenvalue weighted by atomic mass is 32.1. The van der Waals surface area contributed by atoms with Gasteiger partial charge in [-0.05, 0) is 93.6 Å². The van der Waals surface area contributed by atoms with Crippen molar-refractivity contribution in [1.29, 1.82) is 0 Å². The van der Waals surface area contributed by atoms with E-state index in [4.69, 9.17) is 4.74 Å². The number of methoxy groups -OCH3 is 1. The minimum Gasteiger partial charge on any atom is -0.465 e. The predicted molar refractivity (Wildman–Crippen MR) is 116 cm³/mol. The molecule has 2 saturated carbocycles. The van der Waals surface area contributed by atoms with Gasteiger partial charge in [-0.3, -0.25) is 0 Å². The molecule has 1 N–H and O–H groups in total. The van der Waals surface area contributed by atoms with E-state index in [-0.39, 0.29) is 23.4 Å². The number of hydrogen-bond donors (Lipinski definition) is 1. The highest BCUT2D eigenvalue weighted by Crippen LogP contribution is 2.48. The normalized spacial score (nSPS) is 26.8. The molecule has 4 atom stereocenters. The fraction of sp³-hybridized carbons (Fsp3) is 0.792. The van der Waals surface area contributed by atoms with Gasteiger partial charge in [-0.2, -0.15) is 0 Å². The maximum Gasteiger partial charge on any atom is 0.348 e. The van der Waals surface area contributed by atoms with Gasteiger partial charge in [-0.25, -0.2) is 9.18 Å². The van der Waals surface area contributed by atoms with Gasteiger partial charge in [0.1, 0.15) is 11.0 Å². The Labute approximate surface area is 179 Å². The number of carbonyl (C=O) groups is 1. The minimum absolute atomic E-state index is 0.161. The van der Waals surface area contributed by atoms with Crippen LogP contribution in [0.4, 0.5) is 4.39 Å². The Morgan fingerprint density at radius 1 is 1.31 bits per heavy atom. The molecule has 1 aromatic rings. The predicted octanol–water partition coefficient (Wildman–Crippen LogP) is 6.33. The molecular formula is C24H37FO3S. The van der Waals surface area contributed by atoms with E-state index in [0.29, 0.717) is 17.2 Å². The molecule has 2 aliphatic carbocycles. The van der Waals surface area contributed by atoms with Crippen LogP contribution < -0.4 is 0 Å². The average molecular weight is 425 g/mol. The molecule has 3 rings (SSSR count). The quantitative estimate of drug-likeness (QED) is 0.422. The summed E-state index contributed by atoms with van der Waals surface area (Å²) in [7, 11) is 1.41. The fourth-order valence-corrected chi connectivity index (χ4v) is 6.51. The monoisotopic (exact) mass is 424 g/mol. The first-order valence-electron chi connectivity index (χ1n) is 11.5. The first-order chi connectivity index (χ1) is 14.0. The molecule has 1 unspecified atom stereocenters. The van der Waals surface area contributed by atoms with E-state index in [0.717, 1.165) is 64.2 Å². The zero-order valence-electron chi connectivity index (χ0n) is 18.0. The third-order valence-electron chi connectivity index (χ3n) is 7.70. The Hall–Kier alpha value is -0.940. The van der Waals surface area contributed by atoms with Gasteiger partial charge in [-0.1, -0.05) is 19.8 Å². The number of alkyl halides is 1. The molecule has 0 spiro atoms. The van der Waals surface area contributed by atoms with E-state index in [1.807, 2.05) is 12.1 Å². The zero-order chi connectivity index (χ0) is 20.9. The van der Waals surface area contributed by atoms with Gasteiger partial charge in [0.2, 0.25) is 0 Å². The number of aliphatic hydroxyl groups excluding tert-OH is 1. The van der Waals surface area contributed by atoms with Crippen molar-refractivity contribution in [3.05, 3.63) is 21.9 Å². The van der Waals surface area contributed by atoms with Gasteiger partial charge >= 0.3 is 5.97 Å². The number of ether oxygens (including phenoxy) is 1. The van der Waals surface area contributed by atoms with Crippen LogP contribution in [0, 0.1) is 17.3 Å². The molecule has 0 bridgehead atoms. The van der Waals surface area contributed by atoms with Gasteiger partial charge in [0.25, 0.3) is 0 Å². The highest BCUT2D eigenvalue weighted by molar-refractivity contribution is 7.13. The molecule has 5 heteroatoms. The summed E-state index contributed by atoms with van der Waals surface area (Å²) >= 11 is 1.50. The van der Waals surface area contributed by atoms with Crippen LogP contribution in [0.25, 0.3) is 0 Å². The lowest BCUT2D eigenvalue weighted by Crippen LogP contribution is -2.40. The van der Waals surface area contributed by atoms with E-state index in [1.165, 1.54) is 29.7 Å². The number of aliphatic hydroxyl groups is 1. The lowest BCUT2D eigenvalue weighted by atomic mass is 9.62. The molecule has 164 valence electrons. The molecule has 2 fully saturated rings. The first kappa shape index (κ1) is 22.7. The summed E-state index contributed by atoms with van der Waals surface area (Å²) in [4.78, 5) is 13.4. The first-order valence-corrected chi connectivity index (χ1v) is 12.3. The molecule has 29 heavy (non-hydrogen) atoms. The number of esters is 1. The Bertz CT molecular complexity index is 649. The van der Waals surface area contributed by atoms with Gasteiger partial charge in [0, 0.05) is 4.88 Å². The number of aryl methyl sites for hydroxylation is 1. The summed E-state index contributed by atoms with van der Waals surface area (Å²) in [6.07, 6.45) is 11.1. The molecule has 0 aliphatic heterocycles. The smallest absolute Gasteiger partial charge is 0.348 e. The highest BCUT2D eigenvalue weighted by Gasteiger charge is 2.42. The number of carbonyl (C=O) groups excluding carboxylic acids is 1. The van der Waals surface area contributed by atoms with Crippen LogP contribution >= 0.6 is 11.3 Å². The summed E-state index contributed by atoms with van der Waals surface area (Å²) in [6.45, 7) is 2.19. The molecule has 0 radical (unpaired) electrons. The van der Waals surface area contributed by atoms with Gasteiger partial charge in [-0.15, -0.1) is 11.3 Å². The second-order valence-corrected chi connectivity index (χ2v) is 10.4. The van der Waals surface area contributed by atoms with E-state index in [9.17, 15) is 14.3 Å². The molecule has 1 aromatic heterocycles. The summed E-state index contributed by atoms with van der Waals surface area (Å²) in [6, 6.07) is 3.84. The zero-order valence-corrected chi connectivity index (χ0v) is 18.8. The van der Waals surface area contributed by atoms with Crippen LogP contribution in [0.15, 0.2) is 12.1 Å². The second kappa shape index (κ2) is 10.4. The molecule has 0 aromatic carbocycles. The molecule has 0 saturated heterocycles. The van der Waals surface area contributed by atoms with Crippen LogP contribution in [-0.2, 0) is 11.2 Å². The maximum atomic E-state index is 14.5.